The number of primary amides is 1. The Bertz CT molecular complexity index is 566. The molecule has 0 unspecified atom stereocenters. The van der Waals surface area contributed by atoms with Gasteiger partial charge in [-0.3, -0.25) is 4.79 Å². The molecule has 3 amide bonds. The van der Waals surface area contributed by atoms with E-state index in [1.54, 1.807) is 0 Å². The van der Waals surface area contributed by atoms with Gasteiger partial charge in [0, 0.05) is 18.7 Å². The van der Waals surface area contributed by atoms with Gasteiger partial charge in [0.15, 0.2) is 0 Å². The molecule has 1 rings (SSSR count). The van der Waals surface area contributed by atoms with Crippen molar-refractivity contribution in [1.82, 2.24) is 5.32 Å². The van der Waals surface area contributed by atoms with Crippen molar-refractivity contribution < 1.29 is 29.4 Å². The fraction of sp³-hybridized carbons (Fsp3) is 0.167. The van der Waals surface area contributed by atoms with Crippen molar-refractivity contribution in [2.45, 2.75) is 6.42 Å². The highest BCUT2D eigenvalue weighted by Crippen LogP contribution is 2.15. The Kier molecular flexibility index (Phi) is 5.24. The van der Waals surface area contributed by atoms with Crippen molar-refractivity contribution in [2.75, 3.05) is 11.9 Å². The number of amides is 3. The lowest BCUT2D eigenvalue weighted by atomic mass is 10.1. The van der Waals surface area contributed by atoms with Crippen LogP contribution < -0.4 is 16.4 Å². The van der Waals surface area contributed by atoms with Crippen LogP contribution in [0.3, 0.4) is 0 Å². The molecule has 9 nitrogen and oxygen atoms in total. The Labute approximate surface area is 118 Å². The van der Waals surface area contributed by atoms with Crippen LogP contribution in [0.15, 0.2) is 18.2 Å². The first-order valence-corrected chi connectivity index (χ1v) is 5.74. The standard InChI is InChI=1S/C12H13N3O6/c13-9(16)1-2-14-12(21)15-8-4-6(10(17)18)3-7(5-8)11(19)20/h3-5H,1-2H2,(H2,13,16)(H,17,18)(H,19,20)(H2,14,15,21). The average molecular weight is 295 g/mol. The number of hydrogen-bond donors (Lipinski definition) is 5. The molecule has 0 saturated heterocycles. The Balaban J connectivity index is 2.82. The minimum atomic E-state index is -1.32. The molecule has 1 aromatic rings. The van der Waals surface area contributed by atoms with Gasteiger partial charge >= 0.3 is 18.0 Å². The van der Waals surface area contributed by atoms with Gasteiger partial charge in [-0.2, -0.15) is 0 Å². The number of aromatic carboxylic acids is 2. The zero-order valence-corrected chi connectivity index (χ0v) is 10.8. The fourth-order valence-electron chi connectivity index (χ4n) is 1.42. The van der Waals surface area contributed by atoms with Crippen molar-refractivity contribution >= 4 is 29.6 Å². The van der Waals surface area contributed by atoms with Gasteiger partial charge in [0.2, 0.25) is 5.91 Å². The highest BCUT2D eigenvalue weighted by atomic mass is 16.4. The number of carboxylic acids is 2. The fourth-order valence-corrected chi connectivity index (χ4v) is 1.42. The van der Waals surface area contributed by atoms with Crippen molar-refractivity contribution in [3.05, 3.63) is 29.3 Å². The molecule has 0 radical (unpaired) electrons. The van der Waals surface area contributed by atoms with Crippen LogP contribution in [-0.4, -0.2) is 40.6 Å². The van der Waals surface area contributed by atoms with Crippen LogP contribution in [0, 0.1) is 0 Å². The molecule has 9 heteroatoms. The van der Waals surface area contributed by atoms with Crippen LogP contribution in [0.4, 0.5) is 10.5 Å². The van der Waals surface area contributed by atoms with Gasteiger partial charge in [-0.15, -0.1) is 0 Å². The van der Waals surface area contributed by atoms with Crippen molar-refractivity contribution in [1.29, 1.82) is 0 Å². The summed E-state index contributed by atoms with van der Waals surface area (Å²) >= 11 is 0. The van der Waals surface area contributed by atoms with E-state index < -0.39 is 23.9 Å². The molecular formula is C12H13N3O6. The molecule has 0 aliphatic carbocycles. The Hall–Kier alpha value is -3.10. The summed E-state index contributed by atoms with van der Waals surface area (Å²) in [4.78, 5) is 43.8. The Morgan fingerprint density at radius 3 is 1.95 bits per heavy atom. The predicted molar refractivity (Wildman–Crippen MR) is 71.2 cm³/mol. The number of anilines is 1. The smallest absolute Gasteiger partial charge is 0.335 e. The first kappa shape index (κ1) is 16.0. The molecule has 0 atom stereocenters. The number of rotatable bonds is 6. The number of urea groups is 1. The van der Waals surface area contributed by atoms with Crippen molar-refractivity contribution in [3.63, 3.8) is 0 Å². The molecule has 0 saturated carbocycles. The van der Waals surface area contributed by atoms with E-state index in [-0.39, 0.29) is 29.8 Å². The molecule has 0 spiro atoms. The quantitative estimate of drug-likeness (QED) is 0.499. The maximum Gasteiger partial charge on any atom is 0.335 e. The van der Waals surface area contributed by atoms with E-state index in [2.05, 4.69) is 10.6 Å². The lowest BCUT2D eigenvalue weighted by Gasteiger charge is -2.08. The lowest BCUT2D eigenvalue weighted by molar-refractivity contribution is -0.117. The highest BCUT2D eigenvalue weighted by molar-refractivity contribution is 5.98. The van der Waals surface area contributed by atoms with E-state index in [1.807, 2.05) is 0 Å². The number of carbonyl (C=O) groups is 4. The molecule has 0 bridgehead atoms. The van der Waals surface area contributed by atoms with Gasteiger partial charge in [-0.25, -0.2) is 14.4 Å². The summed E-state index contributed by atoms with van der Waals surface area (Å²) in [6, 6.07) is 2.49. The molecule has 6 N–H and O–H groups in total. The van der Waals surface area contributed by atoms with E-state index in [9.17, 15) is 19.2 Å². The monoisotopic (exact) mass is 295 g/mol. The number of nitrogens with one attached hydrogen (secondary N) is 2. The van der Waals surface area contributed by atoms with E-state index in [0.29, 0.717) is 0 Å². The number of nitrogens with two attached hydrogens (primary N) is 1. The van der Waals surface area contributed by atoms with Gasteiger partial charge in [0.25, 0.3) is 0 Å². The third-order valence-electron chi connectivity index (χ3n) is 2.34. The minimum absolute atomic E-state index is 0.00359. The summed E-state index contributed by atoms with van der Waals surface area (Å²) in [6.45, 7) is 0.00553. The number of hydrogen-bond acceptors (Lipinski definition) is 4. The van der Waals surface area contributed by atoms with Crippen molar-refractivity contribution in [2.24, 2.45) is 5.73 Å². The second-order valence-corrected chi connectivity index (χ2v) is 4.01. The zero-order valence-electron chi connectivity index (χ0n) is 10.8. The third kappa shape index (κ3) is 5.19. The van der Waals surface area contributed by atoms with Crippen LogP contribution in [-0.2, 0) is 4.79 Å². The highest BCUT2D eigenvalue weighted by Gasteiger charge is 2.12. The molecule has 0 aromatic heterocycles. The molecule has 21 heavy (non-hydrogen) atoms. The maximum absolute atomic E-state index is 11.5. The SMILES string of the molecule is NC(=O)CCNC(=O)Nc1cc(C(=O)O)cc(C(=O)O)c1. The van der Waals surface area contributed by atoms with Gasteiger partial charge in [-0.05, 0) is 18.2 Å². The van der Waals surface area contributed by atoms with Crippen LogP contribution in [0.5, 0.6) is 0 Å². The van der Waals surface area contributed by atoms with Crippen LogP contribution >= 0.6 is 0 Å². The number of carbonyl (C=O) groups excluding carboxylic acids is 2. The summed E-state index contributed by atoms with van der Waals surface area (Å²) < 4.78 is 0. The minimum Gasteiger partial charge on any atom is -0.478 e. The van der Waals surface area contributed by atoms with Crippen LogP contribution in [0.2, 0.25) is 0 Å². The molecule has 1 aromatic carbocycles. The zero-order chi connectivity index (χ0) is 16.0. The van der Waals surface area contributed by atoms with E-state index in [4.69, 9.17) is 15.9 Å². The summed E-state index contributed by atoms with van der Waals surface area (Å²) in [6.07, 6.45) is -0.0526. The van der Waals surface area contributed by atoms with Gasteiger partial charge < -0.3 is 26.6 Å². The lowest BCUT2D eigenvalue weighted by Crippen LogP contribution is -2.31. The largest absolute Gasteiger partial charge is 0.478 e. The number of benzene rings is 1. The molecule has 112 valence electrons. The van der Waals surface area contributed by atoms with Gasteiger partial charge in [0.05, 0.1) is 11.1 Å². The first-order valence-electron chi connectivity index (χ1n) is 5.74. The second kappa shape index (κ2) is 6.89. The summed E-state index contributed by atoms with van der Waals surface area (Å²) in [5, 5.41) is 22.4. The Morgan fingerprint density at radius 1 is 1.00 bits per heavy atom. The average Bonchev–Trinajstić information content (AvgIpc) is 2.37. The van der Waals surface area contributed by atoms with Gasteiger partial charge in [0.1, 0.15) is 0 Å². The maximum atomic E-state index is 11.5. The second-order valence-electron chi connectivity index (χ2n) is 4.01. The third-order valence-corrected chi connectivity index (χ3v) is 2.34. The topological polar surface area (TPSA) is 159 Å². The first-order chi connectivity index (χ1) is 9.79. The normalized spacial score (nSPS) is 9.71. The summed E-state index contributed by atoms with van der Waals surface area (Å²) in [5.74, 6) is -3.23. The van der Waals surface area contributed by atoms with Crippen molar-refractivity contribution in [3.8, 4) is 0 Å². The van der Waals surface area contributed by atoms with Crippen LogP contribution in [0.25, 0.3) is 0 Å². The van der Waals surface area contributed by atoms with Gasteiger partial charge in [-0.1, -0.05) is 0 Å². The van der Waals surface area contributed by atoms with E-state index in [0.717, 1.165) is 18.2 Å². The summed E-state index contributed by atoms with van der Waals surface area (Å²) in [5.41, 5.74) is 4.35. The number of carboxylic acid groups (broad SMARTS) is 2. The Morgan fingerprint density at radius 2 is 1.52 bits per heavy atom. The molecule has 0 heterocycles. The molecule has 0 aliphatic rings. The summed E-state index contributed by atoms with van der Waals surface area (Å²) in [7, 11) is 0. The molecule has 0 fully saturated rings. The van der Waals surface area contributed by atoms with Crippen LogP contribution in [0.1, 0.15) is 27.1 Å². The van der Waals surface area contributed by atoms with E-state index >= 15 is 0 Å². The molecular weight excluding hydrogens is 282 g/mol. The molecule has 0 aliphatic heterocycles. The predicted octanol–water partition coefficient (Wildman–Crippen LogP) is 0.0799. The van der Waals surface area contributed by atoms with E-state index in [1.165, 1.54) is 0 Å².